The molecule has 0 aromatic heterocycles. The van der Waals surface area contributed by atoms with E-state index >= 15 is 0 Å². The van der Waals surface area contributed by atoms with Crippen molar-refractivity contribution in [3.05, 3.63) is 29.8 Å². The minimum absolute atomic E-state index is 0.00883. The summed E-state index contributed by atoms with van der Waals surface area (Å²) in [5, 5.41) is 2.23. The number of halogens is 3. The molecule has 1 aliphatic rings. The molecule has 24 heavy (non-hydrogen) atoms. The first-order chi connectivity index (χ1) is 11.1. The van der Waals surface area contributed by atoms with Crippen molar-refractivity contribution in [3.63, 3.8) is 0 Å². The van der Waals surface area contributed by atoms with E-state index in [-0.39, 0.29) is 17.5 Å². The van der Waals surface area contributed by atoms with Crippen LogP contribution in [-0.2, 0) is 20.8 Å². The van der Waals surface area contributed by atoms with Crippen molar-refractivity contribution in [1.82, 2.24) is 5.32 Å². The summed E-state index contributed by atoms with van der Waals surface area (Å²) in [6, 6.07) is 3.83. The second-order valence-electron chi connectivity index (χ2n) is 5.89. The van der Waals surface area contributed by atoms with Crippen LogP contribution in [0.3, 0.4) is 0 Å². The topological polar surface area (TPSA) is 89.3 Å². The first-order valence-corrected chi connectivity index (χ1v) is 9.08. The summed E-state index contributed by atoms with van der Waals surface area (Å²) < 4.78 is 63.4. The zero-order valence-electron chi connectivity index (χ0n) is 12.8. The Hall–Kier alpha value is -1.61. The highest BCUT2D eigenvalue weighted by atomic mass is 32.2. The number of carbonyl (C=O) groups excluding carboxylic acids is 1. The van der Waals surface area contributed by atoms with E-state index in [0.29, 0.717) is 31.7 Å². The molecule has 1 fully saturated rings. The predicted octanol–water partition coefficient (Wildman–Crippen LogP) is 1.87. The third-order valence-corrected chi connectivity index (χ3v) is 6.43. The van der Waals surface area contributed by atoms with Crippen molar-refractivity contribution in [2.45, 2.75) is 48.0 Å². The summed E-state index contributed by atoms with van der Waals surface area (Å²) in [7, 11) is -3.82. The standard InChI is InChI=1S/C15H19F3N2O3S/c16-15(17,18)10-2-1-3-13(8-10)24(22,23)12-6-4-11(5-7-12)20-9-14(19)21/h1-3,8,11-12,20H,4-7,9H2,(H2,19,21). The van der Waals surface area contributed by atoms with E-state index in [2.05, 4.69) is 5.32 Å². The van der Waals surface area contributed by atoms with Crippen molar-refractivity contribution in [1.29, 1.82) is 0 Å². The fourth-order valence-electron chi connectivity index (χ4n) is 2.86. The summed E-state index contributed by atoms with van der Waals surface area (Å²) in [6.45, 7) is 0.0235. The van der Waals surface area contributed by atoms with Crippen molar-refractivity contribution in [3.8, 4) is 0 Å². The van der Waals surface area contributed by atoms with Crippen LogP contribution in [0, 0.1) is 0 Å². The lowest BCUT2D eigenvalue weighted by molar-refractivity contribution is -0.137. The quantitative estimate of drug-likeness (QED) is 0.835. The molecule has 0 bridgehead atoms. The van der Waals surface area contributed by atoms with Crippen LogP contribution in [0.25, 0.3) is 0 Å². The van der Waals surface area contributed by atoms with Gasteiger partial charge in [0.1, 0.15) is 0 Å². The van der Waals surface area contributed by atoms with E-state index in [1.807, 2.05) is 0 Å². The van der Waals surface area contributed by atoms with Crippen LogP contribution in [-0.4, -0.2) is 32.2 Å². The third-order valence-electron chi connectivity index (χ3n) is 4.17. The van der Waals surface area contributed by atoms with E-state index < -0.39 is 32.7 Å². The Morgan fingerprint density at radius 1 is 1.21 bits per heavy atom. The summed E-state index contributed by atoms with van der Waals surface area (Å²) in [4.78, 5) is 10.4. The molecule has 5 nitrogen and oxygen atoms in total. The number of benzene rings is 1. The Kier molecular flexibility index (Phi) is 5.54. The van der Waals surface area contributed by atoms with Crippen molar-refractivity contribution < 1.29 is 26.4 Å². The molecule has 2 rings (SSSR count). The van der Waals surface area contributed by atoms with Crippen LogP contribution in [0.1, 0.15) is 31.2 Å². The zero-order valence-corrected chi connectivity index (χ0v) is 13.7. The van der Waals surface area contributed by atoms with Crippen LogP contribution in [0.5, 0.6) is 0 Å². The SMILES string of the molecule is NC(=O)CNC1CCC(S(=O)(=O)c2cccc(C(F)(F)F)c2)CC1. The Balaban J connectivity index is 2.08. The number of primary amides is 1. The molecule has 3 N–H and O–H groups in total. The second-order valence-corrected chi connectivity index (χ2v) is 8.12. The average Bonchev–Trinajstić information content (AvgIpc) is 2.52. The Morgan fingerprint density at radius 3 is 2.38 bits per heavy atom. The molecule has 1 aromatic carbocycles. The van der Waals surface area contributed by atoms with E-state index in [1.165, 1.54) is 6.07 Å². The number of hydrogen-bond acceptors (Lipinski definition) is 4. The van der Waals surface area contributed by atoms with Gasteiger partial charge in [-0.15, -0.1) is 0 Å². The maximum Gasteiger partial charge on any atom is 0.416 e. The number of rotatable bonds is 5. The minimum atomic E-state index is -4.58. The van der Waals surface area contributed by atoms with Crippen LogP contribution in [0.15, 0.2) is 29.2 Å². The number of nitrogens with one attached hydrogen (secondary N) is 1. The smallest absolute Gasteiger partial charge is 0.369 e. The highest BCUT2D eigenvalue weighted by Gasteiger charge is 2.35. The predicted molar refractivity (Wildman–Crippen MR) is 81.9 cm³/mol. The highest BCUT2D eigenvalue weighted by Crippen LogP contribution is 2.33. The van der Waals surface area contributed by atoms with Gasteiger partial charge < -0.3 is 11.1 Å². The number of amides is 1. The van der Waals surface area contributed by atoms with Gasteiger partial charge in [0.25, 0.3) is 0 Å². The monoisotopic (exact) mass is 364 g/mol. The highest BCUT2D eigenvalue weighted by molar-refractivity contribution is 7.92. The molecule has 1 aromatic rings. The van der Waals surface area contributed by atoms with Gasteiger partial charge in [0.2, 0.25) is 5.91 Å². The summed E-state index contributed by atoms with van der Waals surface area (Å²) in [5.74, 6) is -0.492. The lowest BCUT2D eigenvalue weighted by Gasteiger charge is -2.28. The number of carbonyl (C=O) groups is 1. The zero-order chi connectivity index (χ0) is 18.0. The van der Waals surface area contributed by atoms with Crippen molar-refractivity contribution >= 4 is 15.7 Å². The van der Waals surface area contributed by atoms with Gasteiger partial charge in [-0.25, -0.2) is 8.42 Å². The van der Waals surface area contributed by atoms with Crippen molar-refractivity contribution in [2.75, 3.05) is 6.54 Å². The third kappa shape index (κ3) is 4.47. The second kappa shape index (κ2) is 7.10. The Bertz CT molecular complexity index is 696. The number of hydrogen-bond donors (Lipinski definition) is 2. The van der Waals surface area contributed by atoms with Gasteiger partial charge in [-0.05, 0) is 43.9 Å². The Morgan fingerprint density at radius 2 is 1.83 bits per heavy atom. The molecule has 9 heteroatoms. The van der Waals surface area contributed by atoms with Gasteiger partial charge >= 0.3 is 6.18 Å². The molecule has 0 atom stereocenters. The number of sulfone groups is 1. The summed E-state index contributed by atoms with van der Waals surface area (Å²) in [6.07, 6.45) is -2.88. The first-order valence-electron chi connectivity index (χ1n) is 7.53. The van der Waals surface area contributed by atoms with Gasteiger partial charge in [-0.2, -0.15) is 13.2 Å². The minimum Gasteiger partial charge on any atom is -0.369 e. The molecule has 0 saturated heterocycles. The molecule has 0 radical (unpaired) electrons. The summed E-state index contributed by atoms with van der Waals surface area (Å²) >= 11 is 0. The van der Waals surface area contributed by atoms with Crippen LogP contribution in [0.4, 0.5) is 13.2 Å². The normalized spacial score (nSPS) is 22.3. The molecular formula is C15H19F3N2O3S. The van der Waals surface area contributed by atoms with Gasteiger partial charge in [-0.1, -0.05) is 6.07 Å². The van der Waals surface area contributed by atoms with Gasteiger partial charge in [-0.3, -0.25) is 4.79 Å². The van der Waals surface area contributed by atoms with Crippen LogP contribution in [0.2, 0.25) is 0 Å². The maximum absolute atomic E-state index is 12.8. The number of alkyl halides is 3. The Labute approximate surface area is 138 Å². The van der Waals surface area contributed by atoms with E-state index in [4.69, 9.17) is 5.73 Å². The molecule has 134 valence electrons. The van der Waals surface area contributed by atoms with Gasteiger partial charge in [0.05, 0.1) is 22.3 Å². The van der Waals surface area contributed by atoms with E-state index in [0.717, 1.165) is 12.1 Å². The van der Waals surface area contributed by atoms with Crippen LogP contribution < -0.4 is 11.1 Å². The lowest BCUT2D eigenvalue weighted by Crippen LogP contribution is -2.40. The van der Waals surface area contributed by atoms with Gasteiger partial charge in [0.15, 0.2) is 9.84 Å². The molecule has 0 aliphatic heterocycles. The van der Waals surface area contributed by atoms with E-state index in [9.17, 15) is 26.4 Å². The fraction of sp³-hybridized carbons (Fsp3) is 0.533. The molecule has 1 aliphatic carbocycles. The fourth-order valence-corrected chi connectivity index (χ4v) is 4.70. The molecule has 1 saturated carbocycles. The molecule has 1 amide bonds. The largest absolute Gasteiger partial charge is 0.416 e. The molecule has 0 spiro atoms. The number of nitrogens with two attached hydrogens (primary N) is 1. The lowest BCUT2D eigenvalue weighted by atomic mass is 9.95. The van der Waals surface area contributed by atoms with Crippen molar-refractivity contribution in [2.24, 2.45) is 5.73 Å². The van der Waals surface area contributed by atoms with Crippen LogP contribution >= 0.6 is 0 Å². The first kappa shape index (κ1) is 18.7. The van der Waals surface area contributed by atoms with E-state index in [1.54, 1.807) is 0 Å². The molecule has 0 unspecified atom stereocenters. The molecule has 0 heterocycles. The summed E-state index contributed by atoms with van der Waals surface area (Å²) in [5.41, 5.74) is 4.07. The van der Waals surface area contributed by atoms with Gasteiger partial charge in [0, 0.05) is 6.04 Å². The maximum atomic E-state index is 12.8. The molecular weight excluding hydrogens is 345 g/mol. The average molecular weight is 364 g/mol.